The molecule has 6 nitrogen and oxygen atoms in total. The first-order chi connectivity index (χ1) is 15.8. The minimum atomic E-state index is -4.77. The SMILES string of the molecule is COc1ccc(N2CCC(NC(=O)c3cnn(-c4cccc(Cl)c4)c3C(F)(F)F)CC2)cc1. The maximum Gasteiger partial charge on any atom is 0.434 e. The van der Waals surface area contributed by atoms with E-state index in [1.54, 1.807) is 13.2 Å². The molecule has 0 saturated carbocycles. The predicted octanol–water partition coefficient (Wildman–Crippen LogP) is 4.95. The molecule has 1 aliphatic heterocycles. The number of carbonyl (C=O) groups is 1. The lowest BCUT2D eigenvalue weighted by Gasteiger charge is -2.34. The van der Waals surface area contributed by atoms with E-state index in [0.717, 1.165) is 17.6 Å². The minimum Gasteiger partial charge on any atom is -0.497 e. The summed E-state index contributed by atoms with van der Waals surface area (Å²) in [4.78, 5) is 15.0. The van der Waals surface area contributed by atoms with Crippen molar-refractivity contribution < 1.29 is 22.7 Å². The molecule has 1 N–H and O–H groups in total. The Morgan fingerprint density at radius 2 is 1.82 bits per heavy atom. The van der Waals surface area contributed by atoms with E-state index in [1.807, 2.05) is 24.3 Å². The highest BCUT2D eigenvalue weighted by Crippen LogP contribution is 2.34. The van der Waals surface area contributed by atoms with Crippen LogP contribution < -0.4 is 15.0 Å². The third kappa shape index (κ3) is 5.08. The molecule has 2 heterocycles. The Kier molecular flexibility index (Phi) is 6.51. The standard InChI is InChI=1S/C23H22ClF3N4O2/c1-33-19-7-5-17(6-8-19)30-11-9-16(10-12-30)29-22(32)20-14-28-31(21(20)23(25,26)27)18-4-2-3-15(24)13-18/h2-8,13-14,16H,9-12H2,1H3,(H,29,32). The van der Waals surface area contributed by atoms with Crippen molar-refractivity contribution in [3.05, 3.63) is 71.0 Å². The highest BCUT2D eigenvalue weighted by molar-refractivity contribution is 6.30. The molecule has 1 amide bonds. The number of methoxy groups -OCH3 is 1. The monoisotopic (exact) mass is 478 g/mol. The van der Waals surface area contributed by atoms with E-state index in [0.29, 0.717) is 30.6 Å². The fraction of sp³-hybridized carbons (Fsp3) is 0.304. The molecular weight excluding hydrogens is 457 g/mol. The van der Waals surface area contributed by atoms with E-state index >= 15 is 0 Å². The highest BCUT2D eigenvalue weighted by atomic mass is 35.5. The van der Waals surface area contributed by atoms with Gasteiger partial charge in [0.25, 0.3) is 5.91 Å². The Labute approximate surface area is 193 Å². The summed E-state index contributed by atoms with van der Waals surface area (Å²) in [6, 6.07) is 13.3. The number of hydrogen-bond donors (Lipinski definition) is 1. The van der Waals surface area contributed by atoms with Crippen molar-refractivity contribution in [2.24, 2.45) is 0 Å². The van der Waals surface area contributed by atoms with Crippen LogP contribution in [0.3, 0.4) is 0 Å². The topological polar surface area (TPSA) is 59.4 Å². The predicted molar refractivity (Wildman–Crippen MR) is 119 cm³/mol. The third-order valence-corrected chi connectivity index (χ3v) is 5.84. The molecule has 0 aliphatic carbocycles. The van der Waals surface area contributed by atoms with Gasteiger partial charge in [-0.1, -0.05) is 17.7 Å². The second-order valence-corrected chi connectivity index (χ2v) is 8.17. The number of halogens is 4. The van der Waals surface area contributed by atoms with Gasteiger partial charge < -0.3 is 15.0 Å². The maximum absolute atomic E-state index is 13.9. The molecule has 0 unspecified atom stereocenters. The van der Waals surface area contributed by atoms with Gasteiger partial charge in [-0.15, -0.1) is 0 Å². The summed E-state index contributed by atoms with van der Waals surface area (Å²) in [5, 5.41) is 6.85. The number of alkyl halides is 3. The summed E-state index contributed by atoms with van der Waals surface area (Å²) in [5.74, 6) is -0.0295. The summed E-state index contributed by atoms with van der Waals surface area (Å²) in [5.41, 5.74) is -0.484. The quantitative estimate of drug-likeness (QED) is 0.563. The number of anilines is 1. The van der Waals surface area contributed by atoms with Gasteiger partial charge >= 0.3 is 6.18 Å². The zero-order valence-electron chi connectivity index (χ0n) is 17.8. The Hall–Kier alpha value is -3.20. The van der Waals surface area contributed by atoms with Crippen LogP contribution in [-0.2, 0) is 6.18 Å². The number of aromatic nitrogens is 2. The van der Waals surface area contributed by atoms with E-state index < -0.39 is 23.3 Å². The maximum atomic E-state index is 13.9. The summed E-state index contributed by atoms with van der Waals surface area (Å²) in [6.07, 6.45) is -2.60. The van der Waals surface area contributed by atoms with E-state index in [9.17, 15) is 18.0 Å². The molecule has 0 atom stereocenters. The molecule has 0 spiro atoms. The fourth-order valence-electron chi connectivity index (χ4n) is 3.93. The van der Waals surface area contributed by atoms with E-state index in [4.69, 9.17) is 16.3 Å². The fourth-order valence-corrected chi connectivity index (χ4v) is 4.11. The van der Waals surface area contributed by atoms with Crippen LogP contribution in [0, 0.1) is 0 Å². The second kappa shape index (κ2) is 9.35. The number of benzene rings is 2. The Morgan fingerprint density at radius 1 is 1.12 bits per heavy atom. The smallest absolute Gasteiger partial charge is 0.434 e. The van der Waals surface area contributed by atoms with Crippen LogP contribution >= 0.6 is 11.6 Å². The van der Waals surface area contributed by atoms with Gasteiger partial charge in [-0.3, -0.25) is 4.79 Å². The van der Waals surface area contributed by atoms with Crippen LogP contribution in [0.25, 0.3) is 5.69 Å². The molecule has 1 saturated heterocycles. The first kappa shape index (κ1) is 23.0. The van der Waals surface area contributed by atoms with Gasteiger partial charge in [-0.05, 0) is 55.3 Å². The van der Waals surface area contributed by atoms with Crippen LogP contribution in [0.2, 0.25) is 5.02 Å². The highest BCUT2D eigenvalue weighted by Gasteiger charge is 2.41. The van der Waals surface area contributed by atoms with E-state index in [1.165, 1.54) is 18.2 Å². The van der Waals surface area contributed by atoms with Gasteiger partial charge in [0.1, 0.15) is 5.75 Å². The Morgan fingerprint density at radius 3 is 2.42 bits per heavy atom. The van der Waals surface area contributed by atoms with Crippen LogP contribution in [0.5, 0.6) is 5.75 Å². The van der Waals surface area contributed by atoms with Crippen molar-refractivity contribution in [1.82, 2.24) is 15.1 Å². The number of hydrogen-bond acceptors (Lipinski definition) is 4. The minimum absolute atomic E-state index is 0.127. The lowest BCUT2D eigenvalue weighted by atomic mass is 10.0. The molecule has 2 aromatic carbocycles. The van der Waals surface area contributed by atoms with Crippen molar-refractivity contribution in [3.63, 3.8) is 0 Å². The normalized spacial score (nSPS) is 14.9. The Bertz CT molecular complexity index is 1120. The largest absolute Gasteiger partial charge is 0.497 e. The Balaban J connectivity index is 1.47. The third-order valence-electron chi connectivity index (χ3n) is 5.60. The second-order valence-electron chi connectivity index (χ2n) is 7.73. The average Bonchev–Trinajstić information content (AvgIpc) is 3.26. The summed E-state index contributed by atoms with van der Waals surface area (Å²) in [6.45, 7) is 1.34. The lowest BCUT2D eigenvalue weighted by Crippen LogP contribution is -2.45. The molecule has 33 heavy (non-hydrogen) atoms. The van der Waals surface area contributed by atoms with Crippen molar-refractivity contribution in [2.45, 2.75) is 25.1 Å². The van der Waals surface area contributed by atoms with Crippen LogP contribution in [-0.4, -0.2) is 41.9 Å². The summed E-state index contributed by atoms with van der Waals surface area (Å²) in [7, 11) is 1.60. The number of carbonyl (C=O) groups excluding carboxylic acids is 1. The summed E-state index contributed by atoms with van der Waals surface area (Å²) < 4.78 is 47.5. The number of amides is 1. The molecule has 10 heteroatoms. The van der Waals surface area contributed by atoms with Gasteiger partial charge in [0.05, 0.1) is 24.6 Å². The molecule has 174 valence electrons. The average molecular weight is 479 g/mol. The van der Waals surface area contributed by atoms with Crippen LogP contribution in [0.15, 0.2) is 54.7 Å². The van der Waals surface area contributed by atoms with Crippen molar-refractivity contribution in [3.8, 4) is 11.4 Å². The molecule has 1 fully saturated rings. The van der Waals surface area contributed by atoms with Crippen molar-refractivity contribution >= 4 is 23.2 Å². The number of nitrogens with zero attached hydrogens (tertiary/aromatic N) is 3. The zero-order valence-corrected chi connectivity index (χ0v) is 18.5. The van der Waals surface area contributed by atoms with Gasteiger partial charge in [-0.2, -0.15) is 18.3 Å². The van der Waals surface area contributed by atoms with Crippen molar-refractivity contribution in [2.75, 3.05) is 25.1 Å². The van der Waals surface area contributed by atoms with E-state index in [2.05, 4.69) is 15.3 Å². The molecule has 4 rings (SSSR count). The van der Waals surface area contributed by atoms with Gasteiger partial charge in [0.2, 0.25) is 0 Å². The number of ether oxygens (including phenoxy) is 1. The molecule has 1 aliphatic rings. The van der Waals surface area contributed by atoms with Crippen LogP contribution in [0.4, 0.5) is 18.9 Å². The zero-order chi connectivity index (χ0) is 23.6. The van der Waals surface area contributed by atoms with E-state index in [-0.39, 0.29) is 16.8 Å². The lowest BCUT2D eigenvalue weighted by molar-refractivity contribution is -0.143. The first-order valence-electron chi connectivity index (χ1n) is 10.4. The van der Waals surface area contributed by atoms with Crippen LogP contribution in [0.1, 0.15) is 28.9 Å². The van der Waals surface area contributed by atoms with Gasteiger partial charge in [0.15, 0.2) is 5.69 Å². The van der Waals surface area contributed by atoms with Gasteiger partial charge in [0, 0.05) is 29.8 Å². The number of piperidine rings is 1. The number of nitrogens with one attached hydrogen (secondary N) is 1. The number of rotatable bonds is 5. The van der Waals surface area contributed by atoms with Crippen molar-refractivity contribution in [1.29, 1.82) is 0 Å². The molecule has 0 bridgehead atoms. The molecule has 3 aromatic rings. The molecular formula is C23H22ClF3N4O2. The van der Waals surface area contributed by atoms with Gasteiger partial charge in [-0.25, -0.2) is 4.68 Å². The summed E-state index contributed by atoms with van der Waals surface area (Å²) >= 11 is 5.92. The molecule has 1 aromatic heterocycles. The first-order valence-corrected chi connectivity index (χ1v) is 10.7. The molecule has 0 radical (unpaired) electrons.